The Morgan fingerprint density at radius 1 is 1.25 bits per heavy atom. The Hall–Kier alpha value is -0.530. The van der Waals surface area contributed by atoms with Gasteiger partial charge in [0.25, 0.3) is 0 Å². The Balaban J connectivity index is 4.23. The number of hydrogen-bond donors (Lipinski definition) is 0. The SMILES string of the molecule is CCCC(CC)(CC)OC(C)=O. The molecule has 0 aliphatic heterocycles. The summed E-state index contributed by atoms with van der Waals surface area (Å²) in [7, 11) is 0. The fourth-order valence-corrected chi connectivity index (χ4v) is 1.56. The van der Waals surface area contributed by atoms with Gasteiger partial charge >= 0.3 is 5.97 Å². The molecular weight excluding hydrogens is 152 g/mol. The van der Waals surface area contributed by atoms with E-state index in [1.54, 1.807) is 0 Å². The minimum absolute atomic E-state index is 0.160. The number of ether oxygens (including phenoxy) is 1. The molecule has 0 aliphatic carbocycles. The van der Waals surface area contributed by atoms with Crippen LogP contribution in [-0.4, -0.2) is 11.6 Å². The van der Waals surface area contributed by atoms with E-state index < -0.39 is 0 Å². The van der Waals surface area contributed by atoms with E-state index in [1.165, 1.54) is 6.92 Å². The summed E-state index contributed by atoms with van der Waals surface area (Å²) >= 11 is 0. The highest BCUT2D eigenvalue weighted by atomic mass is 16.6. The highest BCUT2D eigenvalue weighted by Crippen LogP contribution is 2.26. The summed E-state index contributed by atoms with van der Waals surface area (Å²) in [6.45, 7) is 7.74. The molecule has 0 atom stereocenters. The lowest BCUT2D eigenvalue weighted by Gasteiger charge is -2.30. The Labute approximate surface area is 75.3 Å². The third-order valence-corrected chi connectivity index (χ3v) is 2.35. The van der Waals surface area contributed by atoms with Crippen LogP contribution in [0.15, 0.2) is 0 Å². The van der Waals surface area contributed by atoms with Crippen molar-refractivity contribution in [1.29, 1.82) is 0 Å². The van der Waals surface area contributed by atoms with Crippen molar-refractivity contribution in [3.8, 4) is 0 Å². The largest absolute Gasteiger partial charge is 0.459 e. The zero-order valence-corrected chi connectivity index (χ0v) is 8.64. The van der Waals surface area contributed by atoms with Crippen molar-refractivity contribution >= 4 is 5.97 Å². The first-order chi connectivity index (χ1) is 5.60. The lowest BCUT2D eigenvalue weighted by molar-refractivity contribution is -0.158. The summed E-state index contributed by atoms with van der Waals surface area (Å²) < 4.78 is 5.34. The molecule has 0 aromatic rings. The van der Waals surface area contributed by atoms with Crippen LogP contribution in [0.5, 0.6) is 0 Å². The molecule has 0 N–H and O–H groups in total. The first-order valence-electron chi connectivity index (χ1n) is 4.79. The molecule has 0 saturated heterocycles. The minimum atomic E-state index is -0.194. The summed E-state index contributed by atoms with van der Waals surface area (Å²) in [4.78, 5) is 10.8. The van der Waals surface area contributed by atoms with E-state index in [-0.39, 0.29) is 11.6 Å². The van der Waals surface area contributed by atoms with Crippen LogP contribution < -0.4 is 0 Å². The lowest BCUT2D eigenvalue weighted by atomic mass is 9.92. The molecule has 2 nitrogen and oxygen atoms in total. The quantitative estimate of drug-likeness (QED) is 0.596. The molecule has 0 aliphatic rings. The third kappa shape index (κ3) is 3.24. The number of carbonyl (C=O) groups is 1. The molecule has 0 aromatic heterocycles. The zero-order valence-electron chi connectivity index (χ0n) is 8.64. The number of hydrogen-bond acceptors (Lipinski definition) is 2. The molecule has 0 heterocycles. The van der Waals surface area contributed by atoms with Gasteiger partial charge in [-0.1, -0.05) is 27.2 Å². The molecule has 0 amide bonds. The maximum atomic E-state index is 10.8. The highest BCUT2D eigenvalue weighted by Gasteiger charge is 2.27. The zero-order chi connectivity index (χ0) is 9.61. The van der Waals surface area contributed by atoms with Crippen LogP contribution in [0.1, 0.15) is 53.4 Å². The molecule has 0 aromatic carbocycles. The minimum Gasteiger partial charge on any atom is -0.459 e. The summed E-state index contributed by atoms with van der Waals surface area (Å²) in [5.74, 6) is -0.160. The summed E-state index contributed by atoms with van der Waals surface area (Å²) in [6.07, 6.45) is 3.86. The van der Waals surface area contributed by atoms with Crippen molar-refractivity contribution < 1.29 is 9.53 Å². The maximum Gasteiger partial charge on any atom is 0.303 e. The third-order valence-electron chi connectivity index (χ3n) is 2.35. The average molecular weight is 172 g/mol. The van der Waals surface area contributed by atoms with Gasteiger partial charge in [-0.25, -0.2) is 0 Å². The van der Waals surface area contributed by atoms with Crippen molar-refractivity contribution in [2.75, 3.05) is 0 Å². The van der Waals surface area contributed by atoms with Crippen molar-refractivity contribution in [2.24, 2.45) is 0 Å². The van der Waals surface area contributed by atoms with Gasteiger partial charge in [0, 0.05) is 6.92 Å². The molecule has 0 bridgehead atoms. The molecule has 0 radical (unpaired) electrons. The van der Waals surface area contributed by atoms with Crippen molar-refractivity contribution in [3.63, 3.8) is 0 Å². The van der Waals surface area contributed by atoms with Gasteiger partial charge < -0.3 is 4.74 Å². The predicted octanol–water partition coefficient (Wildman–Crippen LogP) is 2.91. The molecule has 2 heteroatoms. The Morgan fingerprint density at radius 2 is 1.75 bits per heavy atom. The monoisotopic (exact) mass is 172 g/mol. The second-order valence-electron chi connectivity index (χ2n) is 3.23. The summed E-state index contributed by atoms with van der Waals surface area (Å²) in [5, 5.41) is 0. The van der Waals surface area contributed by atoms with E-state index in [0.29, 0.717) is 0 Å². The normalized spacial score (nSPS) is 11.3. The van der Waals surface area contributed by atoms with Gasteiger partial charge in [-0.15, -0.1) is 0 Å². The molecule has 72 valence electrons. The molecule has 0 saturated carbocycles. The molecule has 0 unspecified atom stereocenters. The Bertz CT molecular complexity index is 137. The van der Waals surface area contributed by atoms with Gasteiger partial charge in [-0.3, -0.25) is 4.79 Å². The lowest BCUT2D eigenvalue weighted by Crippen LogP contribution is -2.32. The van der Waals surface area contributed by atoms with E-state index in [9.17, 15) is 4.79 Å². The van der Waals surface area contributed by atoms with E-state index in [1.807, 2.05) is 0 Å². The van der Waals surface area contributed by atoms with Gasteiger partial charge in [0.05, 0.1) is 0 Å². The van der Waals surface area contributed by atoms with Crippen molar-refractivity contribution in [1.82, 2.24) is 0 Å². The van der Waals surface area contributed by atoms with Crippen LogP contribution in [0.25, 0.3) is 0 Å². The van der Waals surface area contributed by atoms with Crippen LogP contribution in [0.2, 0.25) is 0 Å². The number of esters is 1. The maximum absolute atomic E-state index is 10.8. The smallest absolute Gasteiger partial charge is 0.303 e. The van der Waals surface area contributed by atoms with E-state index >= 15 is 0 Å². The van der Waals surface area contributed by atoms with E-state index in [4.69, 9.17) is 4.74 Å². The average Bonchev–Trinajstić information content (AvgIpc) is 2.03. The summed E-state index contributed by atoms with van der Waals surface area (Å²) in [5.41, 5.74) is -0.194. The van der Waals surface area contributed by atoms with Gasteiger partial charge in [0.15, 0.2) is 0 Å². The second kappa shape index (κ2) is 5.18. The standard InChI is InChI=1S/C10H20O2/c1-5-8-10(6-2,7-3)12-9(4)11/h5-8H2,1-4H3. The van der Waals surface area contributed by atoms with Gasteiger partial charge in [-0.05, 0) is 19.3 Å². The Kier molecular flexibility index (Phi) is 4.95. The van der Waals surface area contributed by atoms with Gasteiger partial charge in [-0.2, -0.15) is 0 Å². The number of carbonyl (C=O) groups excluding carboxylic acids is 1. The van der Waals surface area contributed by atoms with Gasteiger partial charge in [0.1, 0.15) is 5.60 Å². The Morgan fingerprint density at radius 3 is 2.00 bits per heavy atom. The van der Waals surface area contributed by atoms with Crippen LogP contribution >= 0.6 is 0 Å². The molecule has 0 fully saturated rings. The van der Waals surface area contributed by atoms with Gasteiger partial charge in [0.2, 0.25) is 0 Å². The van der Waals surface area contributed by atoms with Crippen molar-refractivity contribution in [2.45, 2.75) is 59.0 Å². The summed E-state index contributed by atoms with van der Waals surface area (Å²) in [6, 6.07) is 0. The molecular formula is C10H20O2. The first kappa shape index (κ1) is 11.5. The van der Waals surface area contributed by atoms with Crippen LogP contribution in [0.3, 0.4) is 0 Å². The molecule has 0 spiro atoms. The first-order valence-corrected chi connectivity index (χ1v) is 4.79. The van der Waals surface area contributed by atoms with Crippen molar-refractivity contribution in [3.05, 3.63) is 0 Å². The fourth-order valence-electron chi connectivity index (χ4n) is 1.56. The topological polar surface area (TPSA) is 26.3 Å². The molecule has 0 rings (SSSR count). The highest BCUT2D eigenvalue weighted by molar-refractivity contribution is 5.66. The van der Waals surface area contributed by atoms with Crippen LogP contribution in [0.4, 0.5) is 0 Å². The predicted molar refractivity (Wildman–Crippen MR) is 50.0 cm³/mol. The fraction of sp³-hybridized carbons (Fsp3) is 0.900. The van der Waals surface area contributed by atoms with Crippen LogP contribution in [0, 0.1) is 0 Å². The van der Waals surface area contributed by atoms with Crippen LogP contribution in [-0.2, 0) is 9.53 Å². The molecule has 12 heavy (non-hydrogen) atoms. The van der Waals surface area contributed by atoms with E-state index in [2.05, 4.69) is 20.8 Å². The van der Waals surface area contributed by atoms with E-state index in [0.717, 1.165) is 25.7 Å². The second-order valence-corrected chi connectivity index (χ2v) is 3.23. The number of rotatable bonds is 5.